The predicted octanol–water partition coefficient (Wildman–Crippen LogP) is 3.71. The molecule has 0 saturated heterocycles. The number of aromatic nitrogens is 1. The number of aliphatic carboxylic acids is 1. The zero-order chi connectivity index (χ0) is 16.4. The highest BCUT2D eigenvalue weighted by atomic mass is 16.4. The Bertz CT molecular complexity index is 865. The highest BCUT2D eigenvalue weighted by Gasteiger charge is 2.22. The molecule has 1 atom stereocenters. The van der Waals surface area contributed by atoms with Crippen molar-refractivity contribution >= 4 is 22.8 Å². The van der Waals surface area contributed by atoms with Gasteiger partial charge in [0.15, 0.2) is 0 Å². The second-order valence-corrected chi connectivity index (χ2v) is 5.57. The molecule has 1 N–H and O–H groups in total. The molecule has 0 bridgehead atoms. The van der Waals surface area contributed by atoms with Gasteiger partial charge in [-0.05, 0) is 23.6 Å². The summed E-state index contributed by atoms with van der Waals surface area (Å²) in [6.45, 7) is 1.50. The summed E-state index contributed by atoms with van der Waals surface area (Å²) in [4.78, 5) is 23.5. The van der Waals surface area contributed by atoms with Crippen LogP contribution >= 0.6 is 0 Å². The Labute approximate surface area is 134 Å². The Kier molecular flexibility index (Phi) is 3.98. The summed E-state index contributed by atoms with van der Waals surface area (Å²) in [6, 6.07) is 16.8. The van der Waals surface area contributed by atoms with Crippen molar-refractivity contribution in [2.24, 2.45) is 0 Å². The van der Waals surface area contributed by atoms with Crippen molar-refractivity contribution in [1.29, 1.82) is 0 Å². The van der Waals surface area contributed by atoms with E-state index in [1.54, 1.807) is 10.8 Å². The largest absolute Gasteiger partial charge is 0.481 e. The maximum absolute atomic E-state index is 11.8. The average molecular weight is 307 g/mol. The summed E-state index contributed by atoms with van der Waals surface area (Å²) in [7, 11) is 0. The minimum absolute atomic E-state index is 0.0842. The van der Waals surface area contributed by atoms with Gasteiger partial charge in [-0.15, -0.1) is 0 Å². The van der Waals surface area contributed by atoms with Gasteiger partial charge in [0.25, 0.3) is 0 Å². The van der Waals surface area contributed by atoms with Gasteiger partial charge in [0.2, 0.25) is 5.91 Å². The van der Waals surface area contributed by atoms with E-state index >= 15 is 0 Å². The van der Waals surface area contributed by atoms with E-state index in [0.717, 1.165) is 22.0 Å². The van der Waals surface area contributed by atoms with Crippen LogP contribution in [0.1, 0.15) is 28.8 Å². The number of benzene rings is 2. The van der Waals surface area contributed by atoms with Crippen LogP contribution in [0.5, 0.6) is 0 Å². The Morgan fingerprint density at radius 3 is 2.35 bits per heavy atom. The van der Waals surface area contributed by atoms with Gasteiger partial charge in [-0.3, -0.25) is 14.2 Å². The van der Waals surface area contributed by atoms with E-state index in [2.05, 4.69) is 0 Å². The van der Waals surface area contributed by atoms with Crippen LogP contribution < -0.4 is 0 Å². The van der Waals surface area contributed by atoms with Gasteiger partial charge in [-0.25, -0.2) is 0 Å². The molecule has 0 saturated carbocycles. The monoisotopic (exact) mass is 307 g/mol. The van der Waals surface area contributed by atoms with Crippen molar-refractivity contribution in [3.05, 3.63) is 71.9 Å². The molecule has 2 aromatic carbocycles. The van der Waals surface area contributed by atoms with Crippen molar-refractivity contribution in [2.45, 2.75) is 19.3 Å². The third-order valence-corrected chi connectivity index (χ3v) is 4.06. The van der Waals surface area contributed by atoms with Crippen LogP contribution in [0.4, 0.5) is 0 Å². The van der Waals surface area contributed by atoms with Crippen molar-refractivity contribution in [2.75, 3.05) is 0 Å². The molecule has 4 nitrogen and oxygen atoms in total. The SMILES string of the molecule is CC(=O)n1cc(CC(C(=O)O)c2ccccc2)c2ccccc21. The van der Waals surface area contributed by atoms with E-state index in [-0.39, 0.29) is 5.91 Å². The van der Waals surface area contributed by atoms with Gasteiger partial charge in [0, 0.05) is 18.5 Å². The van der Waals surface area contributed by atoms with Crippen LogP contribution in [-0.4, -0.2) is 21.6 Å². The van der Waals surface area contributed by atoms with E-state index < -0.39 is 11.9 Å². The lowest BCUT2D eigenvalue weighted by Gasteiger charge is -2.12. The van der Waals surface area contributed by atoms with Gasteiger partial charge >= 0.3 is 5.97 Å². The van der Waals surface area contributed by atoms with E-state index in [4.69, 9.17) is 0 Å². The lowest BCUT2D eigenvalue weighted by atomic mass is 9.92. The van der Waals surface area contributed by atoms with Gasteiger partial charge in [0.1, 0.15) is 0 Å². The van der Waals surface area contributed by atoms with Crippen LogP contribution in [0, 0.1) is 0 Å². The molecule has 23 heavy (non-hydrogen) atoms. The van der Waals surface area contributed by atoms with E-state index in [9.17, 15) is 14.7 Å². The molecule has 0 aliphatic heterocycles. The fourth-order valence-electron chi connectivity index (χ4n) is 2.93. The summed E-state index contributed by atoms with van der Waals surface area (Å²) in [6.07, 6.45) is 2.10. The molecule has 4 heteroatoms. The number of rotatable bonds is 4. The summed E-state index contributed by atoms with van der Waals surface area (Å²) in [5.41, 5.74) is 2.44. The third-order valence-electron chi connectivity index (χ3n) is 4.06. The lowest BCUT2D eigenvalue weighted by Crippen LogP contribution is -2.14. The highest BCUT2D eigenvalue weighted by molar-refractivity contribution is 5.94. The quantitative estimate of drug-likeness (QED) is 0.799. The average Bonchev–Trinajstić information content (AvgIpc) is 2.92. The molecule has 0 radical (unpaired) electrons. The number of hydrogen-bond donors (Lipinski definition) is 1. The molecule has 1 heterocycles. The molecule has 1 unspecified atom stereocenters. The van der Waals surface area contributed by atoms with Gasteiger partial charge in [0.05, 0.1) is 11.4 Å². The Hall–Kier alpha value is -2.88. The first-order valence-corrected chi connectivity index (χ1v) is 7.45. The first-order valence-electron chi connectivity index (χ1n) is 7.45. The topological polar surface area (TPSA) is 59.3 Å². The fraction of sp³-hybridized carbons (Fsp3) is 0.158. The van der Waals surface area contributed by atoms with Crippen LogP contribution in [0.15, 0.2) is 60.8 Å². The molecular weight excluding hydrogens is 290 g/mol. The molecular formula is C19H17NO3. The number of nitrogens with zero attached hydrogens (tertiary/aromatic N) is 1. The standard InChI is InChI=1S/C19H17NO3/c1-13(21)20-12-15(16-9-5-6-10-18(16)20)11-17(19(22)23)14-7-3-2-4-8-14/h2-10,12,17H,11H2,1H3,(H,22,23). The normalized spacial score (nSPS) is 12.2. The van der Waals surface area contributed by atoms with Crippen LogP contribution in [0.3, 0.4) is 0 Å². The van der Waals surface area contributed by atoms with E-state index in [0.29, 0.717) is 6.42 Å². The van der Waals surface area contributed by atoms with E-state index in [1.165, 1.54) is 6.92 Å². The van der Waals surface area contributed by atoms with Gasteiger partial charge in [-0.2, -0.15) is 0 Å². The molecule has 0 amide bonds. The summed E-state index contributed by atoms with van der Waals surface area (Å²) in [5, 5.41) is 10.5. The lowest BCUT2D eigenvalue weighted by molar-refractivity contribution is -0.138. The maximum Gasteiger partial charge on any atom is 0.311 e. The zero-order valence-corrected chi connectivity index (χ0v) is 12.8. The third kappa shape index (κ3) is 2.88. The number of carboxylic acids is 1. The Morgan fingerprint density at radius 1 is 1.04 bits per heavy atom. The molecule has 1 aromatic heterocycles. The molecule has 3 rings (SSSR count). The molecule has 0 aliphatic rings. The van der Waals surface area contributed by atoms with Crippen molar-refractivity contribution in [3.8, 4) is 0 Å². The summed E-state index contributed by atoms with van der Waals surface area (Å²) >= 11 is 0. The van der Waals surface area contributed by atoms with Crippen LogP contribution in [0.2, 0.25) is 0 Å². The first kappa shape index (κ1) is 15.0. The number of hydrogen-bond acceptors (Lipinski definition) is 2. The molecule has 0 fully saturated rings. The van der Waals surface area contributed by atoms with Crippen molar-refractivity contribution < 1.29 is 14.7 Å². The maximum atomic E-state index is 11.8. The smallest absolute Gasteiger partial charge is 0.311 e. The predicted molar refractivity (Wildman–Crippen MR) is 88.8 cm³/mol. The first-order chi connectivity index (χ1) is 11.1. The number of carbonyl (C=O) groups excluding carboxylic acids is 1. The second-order valence-electron chi connectivity index (χ2n) is 5.57. The second kappa shape index (κ2) is 6.08. The minimum atomic E-state index is -0.865. The van der Waals surface area contributed by atoms with E-state index in [1.807, 2.05) is 54.6 Å². The van der Waals surface area contributed by atoms with Crippen LogP contribution in [0.25, 0.3) is 10.9 Å². The van der Waals surface area contributed by atoms with Gasteiger partial charge < -0.3 is 5.11 Å². The number of fused-ring (bicyclic) bond motifs is 1. The highest BCUT2D eigenvalue weighted by Crippen LogP contribution is 2.28. The molecule has 3 aromatic rings. The Balaban J connectivity index is 2.06. The fourth-order valence-corrected chi connectivity index (χ4v) is 2.93. The Morgan fingerprint density at radius 2 is 1.70 bits per heavy atom. The molecule has 0 aliphatic carbocycles. The number of carboxylic acid groups (broad SMARTS) is 1. The van der Waals surface area contributed by atoms with Crippen molar-refractivity contribution in [3.63, 3.8) is 0 Å². The number of para-hydroxylation sites is 1. The summed E-state index contributed by atoms with van der Waals surface area (Å²) < 4.78 is 1.58. The minimum Gasteiger partial charge on any atom is -0.481 e. The summed E-state index contributed by atoms with van der Waals surface area (Å²) in [5.74, 6) is -1.59. The number of carbonyl (C=O) groups is 2. The zero-order valence-electron chi connectivity index (χ0n) is 12.8. The molecule has 116 valence electrons. The molecule has 0 spiro atoms. The van der Waals surface area contributed by atoms with Gasteiger partial charge in [-0.1, -0.05) is 48.5 Å². The van der Waals surface area contributed by atoms with Crippen LogP contribution in [-0.2, 0) is 11.2 Å². The van der Waals surface area contributed by atoms with Crippen molar-refractivity contribution in [1.82, 2.24) is 4.57 Å².